The highest BCUT2D eigenvalue weighted by Gasteiger charge is 2.15. The summed E-state index contributed by atoms with van der Waals surface area (Å²) in [5, 5.41) is 16.8. The fourth-order valence-corrected chi connectivity index (χ4v) is 2.79. The maximum atomic E-state index is 12.6. The van der Waals surface area contributed by atoms with Crippen LogP contribution in [0.1, 0.15) is 21.5 Å². The molecule has 0 aliphatic carbocycles. The lowest BCUT2D eigenvalue weighted by atomic mass is 10.1. The van der Waals surface area contributed by atoms with E-state index in [1.165, 1.54) is 0 Å². The highest BCUT2D eigenvalue weighted by molar-refractivity contribution is 6.05. The minimum Gasteiger partial charge on any atom is -0.394 e. The van der Waals surface area contributed by atoms with Crippen LogP contribution in [0.2, 0.25) is 0 Å². The lowest BCUT2D eigenvalue weighted by Crippen LogP contribution is -2.17. The van der Waals surface area contributed by atoms with Crippen LogP contribution in [-0.2, 0) is 6.54 Å². The Morgan fingerprint density at radius 2 is 1.76 bits per heavy atom. The molecule has 0 aliphatic heterocycles. The summed E-state index contributed by atoms with van der Waals surface area (Å²) in [6.07, 6.45) is 0. The first-order valence-corrected chi connectivity index (χ1v) is 8.22. The van der Waals surface area contributed by atoms with Crippen LogP contribution in [0, 0.1) is 13.8 Å². The third kappa shape index (κ3) is 3.61. The first kappa shape index (κ1) is 16.9. The minimum atomic E-state index is -0.187. The summed E-state index contributed by atoms with van der Waals surface area (Å²) in [4.78, 5) is 12.6. The Morgan fingerprint density at radius 3 is 2.44 bits per heavy atom. The SMILES string of the molecule is Cc1ccccc1C(=O)Nc1cc(-c2ccccc2C)nn1CCO. The second kappa shape index (κ2) is 7.32. The van der Waals surface area contributed by atoms with Crippen molar-refractivity contribution in [3.05, 3.63) is 71.3 Å². The van der Waals surface area contributed by atoms with E-state index >= 15 is 0 Å². The second-order valence-corrected chi connectivity index (χ2v) is 5.95. The molecule has 1 amide bonds. The van der Waals surface area contributed by atoms with Crippen molar-refractivity contribution in [1.82, 2.24) is 9.78 Å². The molecule has 3 aromatic rings. The molecule has 0 saturated heterocycles. The van der Waals surface area contributed by atoms with Crippen molar-refractivity contribution in [1.29, 1.82) is 0 Å². The molecule has 5 nitrogen and oxygen atoms in total. The average Bonchev–Trinajstić information content (AvgIpc) is 2.98. The van der Waals surface area contributed by atoms with Crippen molar-refractivity contribution >= 4 is 11.7 Å². The van der Waals surface area contributed by atoms with Gasteiger partial charge < -0.3 is 10.4 Å². The Bertz CT molecular complexity index is 899. The summed E-state index contributed by atoms with van der Waals surface area (Å²) in [7, 11) is 0. The van der Waals surface area contributed by atoms with Crippen molar-refractivity contribution in [2.45, 2.75) is 20.4 Å². The molecule has 0 radical (unpaired) electrons. The van der Waals surface area contributed by atoms with E-state index in [0.29, 0.717) is 17.9 Å². The van der Waals surface area contributed by atoms with Crippen LogP contribution in [0.5, 0.6) is 0 Å². The van der Waals surface area contributed by atoms with Crippen molar-refractivity contribution in [2.75, 3.05) is 11.9 Å². The van der Waals surface area contributed by atoms with Gasteiger partial charge in [-0.15, -0.1) is 0 Å². The van der Waals surface area contributed by atoms with Gasteiger partial charge in [-0.1, -0.05) is 42.5 Å². The molecule has 0 atom stereocenters. The van der Waals surface area contributed by atoms with Crippen molar-refractivity contribution in [2.24, 2.45) is 0 Å². The molecule has 25 heavy (non-hydrogen) atoms. The van der Waals surface area contributed by atoms with Gasteiger partial charge in [-0.2, -0.15) is 5.10 Å². The Labute approximate surface area is 146 Å². The largest absolute Gasteiger partial charge is 0.394 e. The number of nitrogens with one attached hydrogen (secondary N) is 1. The number of rotatable bonds is 5. The van der Waals surface area contributed by atoms with E-state index in [4.69, 9.17) is 0 Å². The number of amides is 1. The van der Waals surface area contributed by atoms with Gasteiger partial charge >= 0.3 is 0 Å². The van der Waals surface area contributed by atoms with Crippen LogP contribution in [0.3, 0.4) is 0 Å². The number of hydrogen-bond acceptors (Lipinski definition) is 3. The number of aliphatic hydroxyl groups is 1. The van der Waals surface area contributed by atoms with E-state index < -0.39 is 0 Å². The normalized spacial score (nSPS) is 10.7. The molecule has 2 N–H and O–H groups in total. The topological polar surface area (TPSA) is 67.2 Å². The fourth-order valence-electron chi connectivity index (χ4n) is 2.79. The van der Waals surface area contributed by atoms with Gasteiger partial charge in [0.25, 0.3) is 5.91 Å². The predicted molar refractivity (Wildman–Crippen MR) is 98.6 cm³/mol. The van der Waals surface area contributed by atoms with Crippen LogP contribution in [-0.4, -0.2) is 27.4 Å². The molecule has 0 unspecified atom stereocenters. The zero-order valence-electron chi connectivity index (χ0n) is 14.4. The van der Waals surface area contributed by atoms with Crippen LogP contribution < -0.4 is 5.32 Å². The Morgan fingerprint density at radius 1 is 1.08 bits per heavy atom. The number of benzene rings is 2. The smallest absolute Gasteiger partial charge is 0.257 e. The maximum absolute atomic E-state index is 12.6. The van der Waals surface area contributed by atoms with E-state index in [0.717, 1.165) is 22.4 Å². The molecule has 3 rings (SSSR count). The first-order chi connectivity index (χ1) is 12.1. The molecule has 5 heteroatoms. The zero-order chi connectivity index (χ0) is 17.8. The van der Waals surface area contributed by atoms with Crippen LogP contribution in [0.4, 0.5) is 5.82 Å². The highest BCUT2D eigenvalue weighted by atomic mass is 16.3. The van der Waals surface area contributed by atoms with Gasteiger partial charge in [0.1, 0.15) is 5.82 Å². The van der Waals surface area contributed by atoms with E-state index in [9.17, 15) is 9.90 Å². The molecule has 0 fully saturated rings. The van der Waals surface area contributed by atoms with E-state index in [1.54, 1.807) is 10.7 Å². The predicted octanol–water partition coefficient (Wildman–Crippen LogP) is 3.41. The summed E-state index contributed by atoms with van der Waals surface area (Å²) >= 11 is 0. The number of aromatic nitrogens is 2. The number of anilines is 1. The van der Waals surface area contributed by atoms with E-state index in [2.05, 4.69) is 10.4 Å². The lowest BCUT2D eigenvalue weighted by molar-refractivity contribution is 0.102. The van der Waals surface area contributed by atoms with Crippen molar-refractivity contribution in [3.8, 4) is 11.3 Å². The second-order valence-electron chi connectivity index (χ2n) is 5.95. The standard InChI is InChI=1S/C20H21N3O2/c1-14-7-3-5-9-16(14)18-13-19(23(22-18)11-12-24)21-20(25)17-10-6-4-8-15(17)2/h3-10,13,24H,11-12H2,1-2H3,(H,21,25). The van der Waals surface area contributed by atoms with Gasteiger partial charge in [-0.25, -0.2) is 4.68 Å². The maximum Gasteiger partial charge on any atom is 0.257 e. The molecule has 2 aromatic carbocycles. The van der Waals surface area contributed by atoms with Crippen LogP contribution in [0.15, 0.2) is 54.6 Å². The van der Waals surface area contributed by atoms with Gasteiger partial charge in [0.15, 0.2) is 0 Å². The molecular weight excluding hydrogens is 314 g/mol. The quantitative estimate of drug-likeness (QED) is 0.751. The third-order valence-corrected chi connectivity index (χ3v) is 4.14. The minimum absolute atomic E-state index is 0.0534. The average molecular weight is 335 g/mol. The van der Waals surface area contributed by atoms with Gasteiger partial charge in [-0.3, -0.25) is 4.79 Å². The summed E-state index contributed by atoms with van der Waals surface area (Å²) < 4.78 is 1.62. The highest BCUT2D eigenvalue weighted by Crippen LogP contribution is 2.25. The molecule has 0 bridgehead atoms. The fraction of sp³-hybridized carbons (Fsp3) is 0.200. The van der Waals surface area contributed by atoms with Crippen molar-refractivity contribution < 1.29 is 9.90 Å². The Hall–Kier alpha value is -2.92. The number of nitrogens with zero attached hydrogens (tertiary/aromatic N) is 2. The first-order valence-electron chi connectivity index (χ1n) is 8.22. The monoisotopic (exact) mass is 335 g/mol. The van der Waals surface area contributed by atoms with E-state index in [1.807, 2.05) is 62.4 Å². The van der Waals surface area contributed by atoms with Crippen LogP contribution in [0.25, 0.3) is 11.3 Å². The Balaban J connectivity index is 1.94. The van der Waals surface area contributed by atoms with Gasteiger partial charge in [0.05, 0.1) is 18.8 Å². The molecular formula is C20H21N3O2. The summed E-state index contributed by atoms with van der Waals surface area (Å²) in [6.45, 7) is 4.18. The number of hydrogen-bond donors (Lipinski definition) is 2. The summed E-state index contributed by atoms with van der Waals surface area (Å²) in [5.74, 6) is 0.383. The summed E-state index contributed by atoms with van der Waals surface area (Å²) in [6, 6.07) is 17.2. The van der Waals surface area contributed by atoms with Gasteiger partial charge in [0.2, 0.25) is 0 Å². The molecule has 0 aliphatic rings. The molecule has 128 valence electrons. The van der Waals surface area contributed by atoms with Gasteiger partial charge in [0, 0.05) is 17.2 Å². The third-order valence-electron chi connectivity index (χ3n) is 4.14. The number of aliphatic hydroxyl groups excluding tert-OH is 1. The zero-order valence-corrected chi connectivity index (χ0v) is 14.4. The number of aryl methyl sites for hydroxylation is 2. The molecule has 1 aromatic heterocycles. The van der Waals surface area contributed by atoms with E-state index in [-0.39, 0.29) is 12.5 Å². The summed E-state index contributed by atoms with van der Waals surface area (Å²) in [5.41, 5.74) is 4.41. The Kier molecular flexibility index (Phi) is 4.95. The molecule has 0 saturated carbocycles. The van der Waals surface area contributed by atoms with Gasteiger partial charge in [-0.05, 0) is 31.0 Å². The van der Waals surface area contributed by atoms with Crippen molar-refractivity contribution in [3.63, 3.8) is 0 Å². The number of carbonyl (C=O) groups is 1. The lowest BCUT2D eigenvalue weighted by Gasteiger charge is -2.09. The number of carbonyl (C=O) groups excluding carboxylic acids is 1. The van der Waals surface area contributed by atoms with Crippen LogP contribution >= 0.6 is 0 Å². The molecule has 0 spiro atoms. The molecule has 1 heterocycles.